The molecule has 9 heteroatoms. The van der Waals surface area contributed by atoms with Crippen molar-refractivity contribution in [3.05, 3.63) is 93.3 Å². The minimum Gasteiger partial charge on any atom is -0.486 e. The molecule has 180 valence electrons. The van der Waals surface area contributed by atoms with Gasteiger partial charge in [0.25, 0.3) is 5.69 Å². The molecule has 1 aromatic heterocycles. The molecule has 1 atom stereocenters. The van der Waals surface area contributed by atoms with Gasteiger partial charge in [-0.1, -0.05) is 24.3 Å². The normalized spacial score (nSPS) is 14.6. The Bertz CT molecular complexity index is 1310. The van der Waals surface area contributed by atoms with E-state index in [2.05, 4.69) is 0 Å². The maximum atomic E-state index is 12.7. The van der Waals surface area contributed by atoms with Crippen LogP contribution in [0.3, 0.4) is 0 Å². The molecule has 0 spiro atoms. The van der Waals surface area contributed by atoms with Gasteiger partial charge in [-0.05, 0) is 43.7 Å². The Morgan fingerprint density at radius 2 is 1.91 bits per heavy atom. The Hall–Kier alpha value is -4.40. The lowest BCUT2D eigenvalue weighted by molar-refractivity contribution is -0.384. The summed E-state index contributed by atoms with van der Waals surface area (Å²) in [6, 6.07) is 15.1. The van der Waals surface area contributed by atoms with Crippen molar-refractivity contribution in [3.8, 4) is 11.5 Å². The number of esters is 1. The Balaban J connectivity index is 1.35. The Morgan fingerprint density at radius 1 is 1.14 bits per heavy atom. The summed E-state index contributed by atoms with van der Waals surface area (Å²) < 4.78 is 18.9. The molecule has 3 aromatic rings. The SMILES string of the molecule is Cc1cc(C(=O)COC(=O)/C=C/c2cccc([N+](=O)[O-])c2)c(C)n1CC1COc2ccccc2O1. The highest BCUT2D eigenvalue weighted by Gasteiger charge is 2.24. The molecular weight excluding hydrogens is 452 g/mol. The van der Waals surface area contributed by atoms with Crippen molar-refractivity contribution in [2.45, 2.75) is 26.5 Å². The maximum Gasteiger partial charge on any atom is 0.331 e. The zero-order chi connectivity index (χ0) is 24.9. The van der Waals surface area contributed by atoms with E-state index in [0.717, 1.165) is 17.5 Å². The third-order valence-corrected chi connectivity index (χ3v) is 5.67. The number of rotatable bonds is 8. The fraction of sp³-hybridized carbons (Fsp3) is 0.231. The first kappa shape index (κ1) is 23.7. The van der Waals surface area contributed by atoms with Crippen molar-refractivity contribution in [2.75, 3.05) is 13.2 Å². The fourth-order valence-electron chi connectivity index (χ4n) is 3.89. The second-order valence-corrected chi connectivity index (χ2v) is 8.11. The first-order valence-electron chi connectivity index (χ1n) is 11.0. The second-order valence-electron chi connectivity index (χ2n) is 8.11. The number of ether oxygens (including phenoxy) is 3. The monoisotopic (exact) mass is 476 g/mol. The van der Waals surface area contributed by atoms with Gasteiger partial charge in [-0.2, -0.15) is 0 Å². The molecule has 1 unspecified atom stereocenters. The largest absolute Gasteiger partial charge is 0.486 e. The van der Waals surface area contributed by atoms with E-state index in [4.69, 9.17) is 14.2 Å². The number of fused-ring (bicyclic) bond motifs is 1. The van der Waals surface area contributed by atoms with Gasteiger partial charge in [0.15, 0.2) is 24.2 Å². The quantitative estimate of drug-likeness (QED) is 0.157. The third-order valence-electron chi connectivity index (χ3n) is 5.67. The number of nitro benzene ring substituents is 1. The Morgan fingerprint density at radius 3 is 2.69 bits per heavy atom. The molecule has 0 saturated heterocycles. The van der Waals surface area contributed by atoms with E-state index in [1.54, 1.807) is 12.1 Å². The van der Waals surface area contributed by atoms with E-state index >= 15 is 0 Å². The number of nitrogens with zero attached hydrogens (tertiary/aromatic N) is 2. The van der Waals surface area contributed by atoms with Gasteiger partial charge in [-0.3, -0.25) is 14.9 Å². The van der Waals surface area contributed by atoms with Crippen LogP contribution < -0.4 is 9.47 Å². The summed E-state index contributed by atoms with van der Waals surface area (Å²) in [7, 11) is 0. The van der Waals surface area contributed by atoms with Gasteiger partial charge < -0.3 is 18.8 Å². The van der Waals surface area contributed by atoms with E-state index in [-0.39, 0.29) is 17.6 Å². The van der Waals surface area contributed by atoms with Crippen LogP contribution in [0, 0.1) is 24.0 Å². The van der Waals surface area contributed by atoms with Crippen LogP contribution in [0.2, 0.25) is 0 Å². The lowest BCUT2D eigenvalue weighted by Crippen LogP contribution is -2.33. The molecule has 0 bridgehead atoms. The highest BCUT2D eigenvalue weighted by molar-refractivity contribution is 6.00. The minimum atomic E-state index is -0.718. The minimum absolute atomic E-state index is 0.0829. The molecular formula is C26H24N2O7. The lowest BCUT2D eigenvalue weighted by Gasteiger charge is -2.27. The van der Waals surface area contributed by atoms with Crippen molar-refractivity contribution in [3.63, 3.8) is 0 Å². The molecule has 0 fully saturated rings. The van der Waals surface area contributed by atoms with E-state index in [0.29, 0.717) is 35.8 Å². The smallest absolute Gasteiger partial charge is 0.331 e. The van der Waals surface area contributed by atoms with E-state index in [9.17, 15) is 19.7 Å². The van der Waals surface area contributed by atoms with Gasteiger partial charge in [0, 0.05) is 35.2 Å². The van der Waals surface area contributed by atoms with E-state index in [1.165, 1.54) is 24.3 Å². The van der Waals surface area contributed by atoms with Crippen LogP contribution in [0.1, 0.15) is 27.3 Å². The predicted octanol–water partition coefficient (Wildman–Crippen LogP) is 4.29. The summed E-state index contributed by atoms with van der Waals surface area (Å²) in [4.78, 5) is 35.1. The highest BCUT2D eigenvalue weighted by atomic mass is 16.6. The molecule has 2 aromatic carbocycles. The molecule has 0 aliphatic carbocycles. The number of hydrogen-bond donors (Lipinski definition) is 0. The summed E-state index contributed by atoms with van der Waals surface area (Å²) in [6.07, 6.45) is 2.32. The van der Waals surface area contributed by atoms with Crippen molar-refractivity contribution < 1.29 is 28.7 Å². The molecule has 0 radical (unpaired) electrons. The first-order chi connectivity index (χ1) is 16.8. The zero-order valence-electron chi connectivity index (χ0n) is 19.3. The Labute approximate surface area is 201 Å². The van der Waals surface area contributed by atoms with Crippen LogP contribution >= 0.6 is 0 Å². The maximum absolute atomic E-state index is 12.7. The number of Topliss-reactive ketones (excluding diaryl/α,β-unsaturated/α-hetero) is 1. The van der Waals surface area contributed by atoms with Gasteiger partial charge in [0.05, 0.1) is 11.5 Å². The second kappa shape index (κ2) is 10.3. The standard InChI is InChI=1S/C26H24N2O7/c1-17-12-22(18(2)27(17)14-21-15-33-24-8-3-4-9-25(24)35-21)23(29)16-34-26(30)11-10-19-6-5-7-20(13-19)28(31)32/h3-13,21H,14-16H2,1-2H3/b11-10+. The van der Waals surface area contributed by atoms with Crippen LogP contribution in [-0.2, 0) is 16.1 Å². The predicted molar refractivity (Wildman–Crippen MR) is 128 cm³/mol. The number of aryl methyl sites for hydroxylation is 1. The van der Waals surface area contributed by atoms with Crippen molar-refractivity contribution in [1.29, 1.82) is 0 Å². The molecule has 1 aliphatic heterocycles. The molecule has 2 heterocycles. The van der Waals surface area contributed by atoms with Gasteiger partial charge in [0.2, 0.25) is 5.78 Å². The van der Waals surface area contributed by atoms with Crippen LogP contribution in [0.15, 0.2) is 60.7 Å². The van der Waals surface area contributed by atoms with Crippen molar-refractivity contribution >= 4 is 23.5 Å². The van der Waals surface area contributed by atoms with Crippen LogP contribution in [0.4, 0.5) is 5.69 Å². The molecule has 4 rings (SSSR count). The topological polar surface area (TPSA) is 110 Å². The van der Waals surface area contributed by atoms with Crippen LogP contribution in [0.5, 0.6) is 11.5 Å². The average molecular weight is 476 g/mol. The zero-order valence-corrected chi connectivity index (χ0v) is 19.3. The first-order valence-corrected chi connectivity index (χ1v) is 11.0. The van der Waals surface area contributed by atoms with Gasteiger partial charge in [-0.25, -0.2) is 4.79 Å². The molecule has 0 saturated carbocycles. The lowest BCUT2D eigenvalue weighted by atomic mass is 10.1. The van der Waals surface area contributed by atoms with Crippen LogP contribution in [-0.4, -0.2) is 40.6 Å². The Kier molecular flexibility index (Phi) is 6.96. The fourth-order valence-corrected chi connectivity index (χ4v) is 3.89. The van der Waals surface area contributed by atoms with Crippen molar-refractivity contribution in [1.82, 2.24) is 4.57 Å². The number of nitro groups is 1. The third kappa shape index (κ3) is 5.57. The summed E-state index contributed by atoms with van der Waals surface area (Å²) in [6.45, 7) is 4.22. The van der Waals surface area contributed by atoms with E-state index in [1.807, 2.05) is 42.7 Å². The van der Waals surface area contributed by atoms with Gasteiger partial charge >= 0.3 is 5.97 Å². The average Bonchev–Trinajstić information content (AvgIpc) is 3.14. The summed E-state index contributed by atoms with van der Waals surface area (Å²) in [5, 5.41) is 10.9. The van der Waals surface area contributed by atoms with Crippen LogP contribution in [0.25, 0.3) is 6.08 Å². The highest BCUT2D eigenvalue weighted by Crippen LogP contribution is 2.31. The number of carbonyl (C=O) groups is 2. The number of aromatic nitrogens is 1. The number of benzene rings is 2. The molecule has 0 amide bonds. The molecule has 1 aliphatic rings. The molecule has 35 heavy (non-hydrogen) atoms. The molecule has 9 nitrogen and oxygen atoms in total. The molecule has 0 N–H and O–H groups in total. The number of non-ortho nitro benzene ring substituents is 1. The summed E-state index contributed by atoms with van der Waals surface area (Å²) in [5.74, 6) is 0.354. The van der Waals surface area contributed by atoms with Gasteiger partial charge in [0.1, 0.15) is 6.61 Å². The summed E-state index contributed by atoms with van der Waals surface area (Å²) in [5.41, 5.74) is 2.49. The number of para-hydroxylation sites is 2. The summed E-state index contributed by atoms with van der Waals surface area (Å²) >= 11 is 0. The number of hydrogen-bond acceptors (Lipinski definition) is 7. The number of ketones is 1. The van der Waals surface area contributed by atoms with E-state index < -0.39 is 17.5 Å². The number of carbonyl (C=O) groups excluding carboxylic acids is 2. The van der Waals surface area contributed by atoms with Crippen molar-refractivity contribution in [2.24, 2.45) is 0 Å². The van der Waals surface area contributed by atoms with Gasteiger partial charge in [-0.15, -0.1) is 0 Å².